The van der Waals surface area contributed by atoms with Gasteiger partial charge >= 0.3 is 0 Å². The first-order chi connectivity index (χ1) is 15.8. The lowest BCUT2D eigenvalue weighted by atomic mass is 9.93. The number of benzene rings is 1. The summed E-state index contributed by atoms with van der Waals surface area (Å²) in [6.45, 7) is 7.04. The van der Waals surface area contributed by atoms with E-state index in [1.54, 1.807) is 6.07 Å². The molecule has 1 fully saturated rings. The van der Waals surface area contributed by atoms with Gasteiger partial charge in [-0.2, -0.15) is 0 Å². The highest BCUT2D eigenvalue weighted by molar-refractivity contribution is 5.91. The summed E-state index contributed by atoms with van der Waals surface area (Å²) < 4.78 is 0. The van der Waals surface area contributed by atoms with Gasteiger partial charge in [-0.15, -0.1) is 0 Å². The number of hydrogen-bond acceptors (Lipinski definition) is 6. The van der Waals surface area contributed by atoms with Crippen molar-refractivity contribution in [1.82, 2.24) is 24.8 Å². The van der Waals surface area contributed by atoms with Crippen molar-refractivity contribution in [3.63, 3.8) is 0 Å². The second-order valence-electron chi connectivity index (χ2n) is 9.22. The predicted molar refractivity (Wildman–Crippen MR) is 131 cm³/mol. The van der Waals surface area contributed by atoms with Crippen LogP contribution in [0.25, 0.3) is 22.4 Å². The van der Waals surface area contributed by atoms with Gasteiger partial charge in [-0.05, 0) is 70.6 Å². The molecule has 0 bridgehead atoms. The minimum Gasteiger partial charge on any atom is -0.381 e. The molecular weight excluding hydrogens is 414 g/mol. The molecule has 1 aliphatic heterocycles. The molecule has 8 nitrogen and oxygen atoms in total. The highest BCUT2D eigenvalue weighted by Crippen LogP contribution is 2.27. The number of amidine groups is 1. The normalized spacial score (nSPS) is 20.1. The van der Waals surface area contributed by atoms with Crippen LogP contribution in [-0.4, -0.2) is 48.8 Å². The molecular formula is C25H33N7O. The van der Waals surface area contributed by atoms with E-state index in [2.05, 4.69) is 51.7 Å². The fourth-order valence-corrected chi connectivity index (χ4v) is 5.22. The highest BCUT2D eigenvalue weighted by atomic mass is 16.1. The Morgan fingerprint density at radius 2 is 2.00 bits per heavy atom. The SMILES string of the molecule is CC(CCCc1cccc2nc(-c3ccnc(C(=N)N)n3)c(=O)[nH]c12)N1C(C)CCCC1C. The van der Waals surface area contributed by atoms with Crippen LogP contribution in [0.15, 0.2) is 35.3 Å². The van der Waals surface area contributed by atoms with Crippen LogP contribution >= 0.6 is 0 Å². The maximum Gasteiger partial charge on any atom is 0.276 e. The highest BCUT2D eigenvalue weighted by Gasteiger charge is 2.28. The number of rotatable bonds is 7. The van der Waals surface area contributed by atoms with E-state index in [0.717, 1.165) is 35.9 Å². The van der Waals surface area contributed by atoms with Gasteiger partial charge in [0, 0.05) is 24.3 Å². The molecule has 0 aliphatic carbocycles. The van der Waals surface area contributed by atoms with Crippen molar-refractivity contribution in [2.75, 3.05) is 0 Å². The molecule has 4 N–H and O–H groups in total. The van der Waals surface area contributed by atoms with Crippen LogP contribution < -0.4 is 11.3 Å². The van der Waals surface area contributed by atoms with Crippen LogP contribution in [0.2, 0.25) is 0 Å². The fourth-order valence-electron chi connectivity index (χ4n) is 5.22. The Bertz CT molecular complexity index is 1190. The molecule has 1 saturated heterocycles. The van der Waals surface area contributed by atoms with E-state index >= 15 is 0 Å². The molecule has 3 atom stereocenters. The first-order valence-electron chi connectivity index (χ1n) is 11.8. The minimum atomic E-state index is -0.313. The third kappa shape index (κ3) is 4.95. The van der Waals surface area contributed by atoms with Crippen molar-refractivity contribution in [1.29, 1.82) is 5.41 Å². The van der Waals surface area contributed by atoms with Crippen molar-refractivity contribution < 1.29 is 0 Å². The Morgan fingerprint density at radius 1 is 1.24 bits per heavy atom. The lowest BCUT2D eigenvalue weighted by molar-refractivity contribution is 0.0580. The first kappa shape index (κ1) is 23.0. The summed E-state index contributed by atoms with van der Waals surface area (Å²) in [6, 6.07) is 9.37. The van der Waals surface area contributed by atoms with Crippen LogP contribution in [0, 0.1) is 5.41 Å². The smallest absolute Gasteiger partial charge is 0.276 e. The van der Waals surface area contributed by atoms with E-state index < -0.39 is 0 Å². The summed E-state index contributed by atoms with van der Waals surface area (Å²) in [7, 11) is 0. The van der Waals surface area contributed by atoms with Gasteiger partial charge in [0.05, 0.1) is 16.7 Å². The zero-order valence-corrected chi connectivity index (χ0v) is 19.6. The van der Waals surface area contributed by atoms with Crippen molar-refractivity contribution >= 4 is 16.9 Å². The summed E-state index contributed by atoms with van der Waals surface area (Å²) >= 11 is 0. The van der Waals surface area contributed by atoms with Crippen molar-refractivity contribution in [3.8, 4) is 11.4 Å². The summed E-state index contributed by atoms with van der Waals surface area (Å²) in [5.74, 6) is -0.173. The Morgan fingerprint density at radius 3 is 2.73 bits per heavy atom. The third-order valence-corrected chi connectivity index (χ3v) is 6.79. The predicted octanol–water partition coefficient (Wildman–Crippen LogP) is 3.64. The fraction of sp³-hybridized carbons (Fsp3) is 0.480. The van der Waals surface area contributed by atoms with Crippen LogP contribution in [0.4, 0.5) is 0 Å². The second-order valence-corrected chi connectivity index (χ2v) is 9.22. The number of nitrogens with zero attached hydrogens (tertiary/aromatic N) is 4. The molecule has 8 heteroatoms. The molecule has 0 radical (unpaired) electrons. The number of para-hydroxylation sites is 1. The quantitative estimate of drug-likeness (QED) is 0.375. The van der Waals surface area contributed by atoms with Crippen LogP contribution in [0.3, 0.4) is 0 Å². The van der Waals surface area contributed by atoms with Gasteiger partial charge in [0.2, 0.25) is 0 Å². The summed E-state index contributed by atoms with van der Waals surface area (Å²) in [6.07, 6.45) is 8.43. The maximum absolute atomic E-state index is 12.9. The number of aromatic nitrogens is 4. The number of fused-ring (bicyclic) bond motifs is 1. The molecule has 3 unspecified atom stereocenters. The topological polar surface area (TPSA) is 125 Å². The van der Waals surface area contributed by atoms with Crippen LogP contribution in [0.5, 0.6) is 0 Å². The van der Waals surface area contributed by atoms with E-state index in [-0.39, 0.29) is 22.9 Å². The van der Waals surface area contributed by atoms with Gasteiger partial charge in [-0.1, -0.05) is 18.6 Å². The molecule has 3 aromatic rings. The Labute approximate surface area is 194 Å². The van der Waals surface area contributed by atoms with E-state index in [0.29, 0.717) is 23.8 Å². The maximum atomic E-state index is 12.9. The van der Waals surface area contributed by atoms with E-state index in [1.165, 1.54) is 25.5 Å². The average Bonchev–Trinajstić information content (AvgIpc) is 2.79. The molecule has 0 saturated carbocycles. The number of hydrogen-bond donors (Lipinski definition) is 3. The zero-order valence-electron chi connectivity index (χ0n) is 19.6. The number of nitrogens with two attached hydrogens (primary N) is 1. The van der Waals surface area contributed by atoms with Gasteiger partial charge in [-0.25, -0.2) is 15.0 Å². The summed E-state index contributed by atoms with van der Waals surface area (Å²) in [5, 5.41) is 7.53. The zero-order chi connectivity index (χ0) is 23.5. The van der Waals surface area contributed by atoms with Crippen molar-refractivity contribution in [2.45, 2.75) is 77.4 Å². The van der Waals surface area contributed by atoms with E-state index in [9.17, 15) is 4.79 Å². The van der Waals surface area contributed by atoms with Crippen molar-refractivity contribution in [3.05, 3.63) is 52.2 Å². The largest absolute Gasteiger partial charge is 0.381 e. The summed E-state index contributed by atoms with van der Waals surface area (Å²) in [5.41, 5.74) is 8.32. The number of H-pyrrole nitrogens is 1. The standard InChI is InChI=1S/C25H33N7O/c1-15-7-4-8-16(2)32(15)17(3)9-5-10-18-11-6-12-19-21(18)31-25(33)22(29-19)20-13-14-28-24(30-20)23(26)27/h6,11-17H,4-5,7-10H2,1-3H3,(H3,26,27)(H,31,33). The molecule has 0 amide bonds. The Hall–Kier alpha value is -3.13. The number of aryl methyl sites for hydroxylation is 1. The number of likely N-dealkylation sites (tertiary alicyclic amines) is 1. The number of aromatic amines is 1. The molecule has 1 aliphatic rings. The molecule has 33 heavy (non-hydrogen) atoms. The summed E-state index contributed by atoms with van der Waals surface area (Å²) in [4.78, 5) is 31.3. The van der Waals surface area contributed by atoms with Crippen LogP contribution in [0.1, 0.15) is 64.3 Å². The van der Waals surface area contributed by atoms with Gasteiger partial charge in [-0.3, -0.25) is 15.1 Å². The monoisotopic (exact) mass is 447 g/mol. The van der Waals surface area contributed by atoms with Crippen LogP contribution in [-0.2, 0) is 6.42 Å². The Kier molecular flexibility index (Phi) is 6.83. The number of nitrogen functional groups attached to an aromatic ring is 1. The number of nitrogens with one attached hydrogen (secondary N) is 2. The van der Waals surface area contributed by atoms with Gasteiger partial charge < -0.3 is 10.7 Å². The van der Waals surface area contributed by atoms with E-state index in [4.69, 9.17) is 11.1 Å². The van der Waals surface area contributed by atoms with Gasteiger partial charge in [0.15, 0.2) is 17.4 Å². The lowest BCUT2D eigenvalue weighted by Gasteiger charge is -2.43. The van der Waals surface area contributed by atoms with Gasteiger partial charge in [0.25, 0.3) is 5.56 Å². The Balaban J connectivity index is 1.53. The molecule has 3 heterocycles. The number of piperidine rings is 1. The molecule has 0 spiro atoms. The second kappa shape index (κ2) is 9.79. The molecule has 174 valence electrons. The van der Waals surface area contributed by atoms with E-state index in [1.807, 2.05) is 12.1 Å². The lowest BCUT2D eigenvalue weighted by Crippen LogP contribution is -2.48. The molecule has 2 aromatic heterocycles. The third-order valence-electron chi connectivity index (χ3n) is 6.79. The average molecular weight is 448 g/mol. The van der Waals surface area contributed by atoms with Gasteiger partial charge in [0.1, 0.15) is 0 Å². The minimum absolute atomic E-state index is 0.0778. The molecule has 4 rings (SSSR count). The van der Waals surface area contributed by atoms with Crippen molar-refractivity contribution in [2.24, 2.45) is 5.73 Å². The molecule has 1 aromatic carbocycles. The first-order valence-corrected chi connectivity index (χ1v) is 11.8.